The molecule has 8 heteroatoms. The highest BCUT2D eigenvalue weighted by molar-refractivity contribution is 6.28. The van der Waals surface area contributed by atoms with E-state index in [0.29, 0.717) is 12.5 Å². The van der Waals surface area contributed by atoms with Crippen LogP contribution in [0.3, 0.4) is 0 Å². The Bertz CT molecular complexity index is 1610. The molecule has 5 aromatic rings. The summed E-state index contributed by atoms with van der Waals surface area (Å²) in [6.07, 6.45) is 6.25. The van der Waals surface area contributed by atoms with Gasteiger partial charge in [-0.25, -0.2) is 9.97 Å². The number of para-hydroxylation sites is 1. The number of anilines is 2. The van der Waals surface area contributed by atoms with E-state index < -0.39 is 0 Å². The number of nitrogens with zero attached hydrogens (tertiary/aromatic N) is 4. The summed E-state index contributed by atoms with van der Waals surface area (Å²) >= 11 is 6.29. The fourth-order valence-electron chi connectivity index (χ4n) is 5.75. The van der Waals surface area contributed by atoms with Crippen LogP contribution in [0.5, 0.6) is 5.75 Å². The lowest BCUT2D eigenvalue weighted by molar-refractivity contribution is 0.133. The monoisotopic (exact) mass is 580 g/mol. The quantitative estimate of drug-likeness (QED) is 0.121. The maximum Gasteiger partial charge on any atom is 0.224 e. The first kappa shape index (κ1) is 28.2. The molecule has 2 aromatic heterocycles. The van der Waals surface area contributed by atoms with Gasteiger partial charge in [-0.3, -0.25) is 4.98 Å². The summed E-state index contributed by atoms with van der Waals surface area (Å²) in [6, 6.07) is 26.9. The molecule has 7 nitrogen and oxygen atoms in total. The van der Waals surface area contributed by atoms with E-state index in [2.05, 4.69) is 79.0 Å². The van der Waals surface area contributed by atoms with Gasteiger partial charge < -0.3 is 20.3 Å². The third-order valence-corrected chi connectivity index (χ3v) is 8.07. The number of nitrogens with one attached hydrogen (secondary N) is 2. The molecule has 3 heterocycles. The highest BCUT2D eigenvalue weighted by Gasteiger charge is 2.20. The second-order valence-electron chi connectivity index (χ2n) is 11.0. The summed E-state index contributed by atoms with van der Waals surface area (Å²) in [5.74, 6) is 2.07. The van der Waals surface area contributed by atoms with Crippen LogP contribution in [-0.2, 0) is 6.42 Å². The van der Waals surface area contributed by atoms with Crippen molar-refractivity contribution in [3.8, 4) is 5.75 Å². The Balaban J connectivity index is 0.993. The number of fused-ring (bicyclic) bond motifs is 2. The number of piperidine rings is 1. The van der Waals surface area contributed by atoms with Gasteiger partial charge in [0.25, 0.3) is 0 Å². The molecule has 216 valence electrons. The highest BCUT2D eigenvalue weighted by atomic mass is 35.5. The predicted octanol–water partition coefficient (Wildman–Crippen LogP) is 7.08. The van der Waals surface area contributed by atoms with Crippen LogP contribution in [0.25, 0.3) is 21.8 Å². The molecular formula is C34H37ClN6O. The zero-order valence-corrected chi connectivity index (χ0v) is 24.6. The van der Waals surface area contributed by atoms with Crippen LogP contribution in [0.4, 0.5) is 11.5 Å². The Morgan fingerprint density at radius 3 is 2.69 bits per heavy atom. The van der Waals surface area contributed by atoms with Gasteiger partial charge in [0.05, 0.1) is 17.6 Å². The lowest BCUT2D eigenvalue weighted by Crippen LogP contribution is -2.40. The highest BCUT2D eigenvalue weighted by Crippen LogP contribution is 2.27. The first-order valence-electron chi connectivity index (χ1n) is 14.9. The average molecular weight is 581 g/mol. The fraction of sp³-hybridized carbons (Fsp3) is 0.324. The van der Waals surface area contributed by atoms with E-state index in [1.165, 1.54) is 18.4 Å². The van der Waals surface area contributed by atoms with Gasteiger partial charge in [-0.2, -0.15) is 0 Å². The van der Waals surface area contributed by atoms with Gasteiger partial charge in [0.1, 0.15) is 11.6 Å². The van der Waals surface area contributed by atoms with Crippen LogP contribution in [0.2, 0.25) is 5.28 Å². The molecule has 1 aliphatic rings. The summed E-state index contributed by atoms with van der Waals surface area (Å²) in [7, 11) is 0. The van der Waals surface area contributed by atoms with Gasteiger partial charge >= 0.3 is 0 Å². The van der Waals surface area contributed by atoms with Crippen molar-refractivity contribution in [3.05, 3.63) is 95.9 Å². The molecule has 0 radical (unpaired) electrons. The summed E-state index contributed by atoms with van der Waals surface area (Å²) in [6.45, 7) is 5.56. The van der Waals surface area contributed by atoms with Crippen LogP contribution < -0.4 is 15.4 Å². The summed E-state index contributed by atoms with van der Waals surface area (Å²) in [4.78, 5) is 15.9. The minimum absolute atomic E-state index is 0.238. The summed E-state index contributed by atoms with van der Waals surface area (Å²) < 4.78 is 6.28. The third kappa shape index (κ3) is 7.27. The maximum absolute atomic E-state index is 6.29. The van der Waals surface area contributed by atoms with Crippen LogP contribution in [0.1, 0.15) is 24.8 Å². The lowest BCUT2D eigenvalue weighted by atomic mass is 9.99. The molecular weight excluding hydrogens is 544 g/mol. The Morgan fingerprint density at radius 2 is 1.76 bits per heavy atom. The number of benzene rings is 3. The number of aromatic nitrogens is 3. The molecule has 1 aliphatic heterocycles. The van der Waals surface area contributed by atoms with Crippen molar-refractivity contribution in [2.75, 3.05) is 50.0 Å². The molecule has 42 heavy (non-hydrogen) atoms. The predicted molar refractivity (Wildman–Crippen MR) is 173 cm³/mol. The van der Waals surface area contributed by atoms with Crippen LogP contribution in [-0.4, -0.2) is 59.2 Å². The van der Waals surface area contributed by atoms with Crippen molar-refractivity contribution in [2.45, 2.75) is 25.7 Å². The van der Waals surface area contributed by atoms with Crippen molar-refractivity contribution >= 4 is 44.9 Å². The van der Waals surface area contributed by atoms with E-state index in [4.69, 9.17) is 16.3 Å². The molecule has 0 bridgehead atoms. The number of aryl methyl sites for hydroxylation is 1. The number of pyridine rings is 1. The minimum atomic E-state index is 0.238. The largest absolute Gasteiger partial charge is 0.493 e. The lowest BCUT2D eigenvalue weighted by Gasteiger charge is -2.32. The SMILES string of the molecule is Clc1nc(NCCCc2ccccc2)c2ccc(OCC3CCCN(CCNc4ccnc5ccccc45)C3)cc2n1. The molecule has 1 saturated heterocycles. The maximum atomic E-state index is 6.29. The normalized spacial score (nSPS) is 15.6. The van der Waals surface area contributed by atoms with E-state index >= 15 is 0 Å². The van der Waals surface area contributed by atoms with Crippen molar-refractivity contribution in [2.24, 2.45) is 5.92 Å². The standard InChI is InChI=1S/C34H37ClN6O/c35-34-39-32-22-27(14-15-29(32)33(40-34)38-17-6-10-25-8-2-1-3-9-25)42-24-26-11-7-20-41(23-26)21-19-37-31-16-18-36-30-13-5-4-12-28(30)31/h1-5,8-9,12-16,18,22,26H,6-7,10-11,17,19-21,23-24H2,(H,36,37)(H,38,39,40). The molecule has 0 spiro atoms. The molecule has 6 rings (SSSR count). The van der Waals surface area contributed by atoms with Gasteiger partial charge in [0.15, 0.2) is 0 Å². The average Bonchev–Trinajstić information content (AvgIpc) is 3.02. The Morgan fingerprint density at radius 1 is 0.881 bits per heavy atom. The van der Waals surface area contributed by atoms with Gasteiger partial charge in [-0.05, 0) is 73.7 Å². The number of rotatable bonds is 12. The van der Waals surface area contributed by atoms with Crippen molar-refractivity contribution < 1.29 is 4.74 Å². The smallest absolute Gasteiger partial charge is 0.224 e. The Labute approximate surface area is 252 Å². The molecule has 1 unspecified atom stereocenters. The van der Waals surface area contributed by atoms with Crippen LogP contribution in [0, 0.1) is 5.92 Å². The van der Waals surface area contributed by atoms with Gasteiger partial charge in [-0.1, -0.05) is 48.5 Å². The van der Waals surface area contributed by atoms with Crippen molar-refractivity contribution in [1.29, 1.82) is 0 Å². The molecule has 1 atom stereocenters. The zero-order chi connectivity index (χ0) is 28.6. The topological polar surface area (TPSA) is 75.2 Å². The fourth-order valence-corrected chi connectivity index (χ4v) is 5.93. The molecule has 0 amide bonds. The third-order valence-electron chi connectivity index (χ3n) is 7.90. The zero-order valence-electron chi connectivity index (χ0n) is 23.8. The van der Waals surface area contributed by atoms with E-state index in [1.807, 2.05) is 36.5 Å². The van der Waals surface area contributed by atoms with Crippen molar-refractivity contribution in [3.63, 3.8) is 0 Å². The molecule has 2 N–H and O–H groups in total. The minimum Gasteiger partial charge on any atom is -0.493 e. The molecule has 0 aliphatic carbocycles. The second-order valence-corrected chi connectivity index (χ2v) is 11.3. The number of likely N-dealkylation sites (tertiary alicyclic amines) is 1. The molecule has 0 saturated carbocycles. The summed E-state index contributed by atoms with van der Waals surface area (Å²) in [5, 5.41) is 9.42. The Hall–Kier alpha value is -3.94. The summed E-state index contributed by atoms with van der Waals surface area (Å²) in [5.41, 5.74) is 4.29. The number of halogens is 1. The van der Waals surface area contributed by atoms with Gasteiger partial charge in [0, 0.05) is 60.8 Å². The van der Waals surface area contributed by atoms with Gasteiger partial charge in [0.2, 0.25) is 5.28 Å². The first-order valence-corrected chi connectivity index (χ1v) is 15.3. The van der Waals surface area contributed by atoms with Crippen LogP contribution >= 0.6 is 11.6 Å². The van der Waals surface area contributed by atoms with E-state index in [0.717, 1.165) is 84.6 Å². The Kier molecular flexibility index (Phi) is 9.27. The van der Waals surface area contributed by atoms with E-state index in [1.54, 1.807) is 0 Å². The van der Waals surface area contributed by atoms with E-state index in [-0.39, 0.29) is 5.28 Å². The number of hydrogen-bond donors (Lipinski definition) is 2. The van der Waals surface area contributed by atoms with Crippen LogP contribution in [0.15, 0.2) is 85.1 Å². The number of ether oxygens (including phenoxy) is 1. The van der Waals surface area contributed by atoms with Gasteiger partial charge in [-0.15, -0.1) is 0 Å². The number of hydrogen-bond acceptors (Lipinski definition) is 7. The van der Waals surface area contributed by atoms with Crippen molar-refractivity contribution in [1.82, 2.24) is 19.9 Å². The molecule has 1 fully saturated rings. The first-order chi connectivity index (χ1) is 20.7. The van der Waals surface area contributed by atoms with E-state index in [9.17, 15) is 0 Å². The molecule has 3 aromatic carbocycles. The second kappa shape index (κ2) is 13.8.